The van der Waals surface area contributed by atoms with Gasteiger partial charge in [-0.05, 0) is 22.0 Å². The third-order valence-corrected chi connectivity index (χ3v) is 4.19. The highest BCUT2D eigenvalue weighted by Gasteiger charge is 2.33. The molecule has 0 saturated heterocycles. The predicted octanol–water partition coefficient (Wildman–Crippen LogP) is 4.98. The lowest BCUT2D eigenvalue weighted by Gasteiger charge is -2.12. The van der Waals surface area contributed by atoms with Gasteiger partial charge in [0.25, 0.3) is 5.69 Å². The highest BCUT2D eigenvalue weighted by molar-refractivity contribution is 9.10. The van der Waals surface area contributed by atoms with Gasteiger partial charge in [-0.15, -0.1) is 24.5 Å². The topological polar surface area (TPSA) is 77.3 Å². The van der Waals surface area contributed by atoms with Crippen molar-refractivity contribution in [3.05, 3.63) is 42.3 Å². The molecule has 0 aliphatic heterocycles. The van der Waals surface area contributed by atoms with E-state index < -0.39 is 22.7 Å². The maximum atomic E-state index is 12.3. The Morgan fingerprint density at radius 2 is 2.17 bits per heavy atom. The van der Waals surface area contributed by atoms with Crippen molar-refractivity contribution in [2.75, 3.05) is 5.32 Å². The predicted molar refractivity (Wildman–Crippen MR) is 81.9 cm³/mol. The average molecular weight is 433 g/mol. The van der Waals surface area contributed by atoms with E-state index in [-0.39, 0.29) is 16.7 Å². The Bertz CT molecular complexity index is 741. The number of nitrogens with zero attached hydrogens (tertiary/aromatic N) is 2. The first-order chi connectivity index (χ1) is 10.7. The number of alkyl halides is 3. The van der Waals surface area contributed by atoms with Crippen LogP contribution < -0.4 is 10.1 Å². The maximum absolute atomic E-state index is 12.3. The van der Waals surface area contributed by atoms with Crippen LogP contribution in [-0.4, -0.2) is 16.3 Å². The van der Waals surface area contributed by atoms with Crippen molar-refractivity contribution >= 4 is 50.2 Å². The number of benzene rings is 1. The Balaban J connectivity index is 2.28. The first-order valence-corrected chi connectivity index (χ1v) is 7.72. The van der Waals surface area contributed by atoms with Crippen LogP contribution in [0.3, 0.4) is 0 Å². The third-order valence-electron chi connectivity index (χ3n) is 2.45. The van der Waals surface area contributed by atoms with Crippen LogP contribution in [0.15, 0.2) is 22.8 Å². The van der Waals surface area contributed by atoms with Crippen molar-refractivity contribution in [1.29, 1.82) is 0 Å². The van der Waals surface area contributed by atoms with Crippen molar-refractivity contribution in [3.63, 3.8) is 0 Å². The van der Waals surface area contributed by atoms with E-state index in [1.165, 1.54) is 17.5 Å². The Hall–Kier alpha value is -1.59. The van der Waals surface area contributed by atoms with Gasteiger partial charge < -0.3 is 10.1 Å². The lowest BCUT2D eigenvalue weighted by atomic mass is 10.2. The zero-order valence-corrected chi connectivity index (χ0v) is 14.0. The van der Waals surface area contributed by atoms with Gasteiger partial charge in [-0.3, -0.25) is 10.1 Å². The largest absolute Gasteiger partial charge is 0.573 e. The molecule has 0 atom stereocenters. The molecule has 0 aliphatic carbocycles. The van der Waals surface area contributed by atoms with Crippen LogP contribution in [0, 0.1) is 10.1 Å². The summed E-state index contributed by atoms with van der Waals surface area (Å²) in [5, 5.41) is 13.8. The summed E-state index contributed by atoms with van der Waals surface area (Å²) in [6.45, 7) is 0.178. The minimum Gasteiger partial charge on any atom is -0.404 e. The monoisotopic (exact) mass is 431 g/mol. The quantitative estimate of drug-likeness (QED) is 0.533. The summed E-state index contributed by atoms with van der Waals surface area (Å²) >= 11 is 9.74. The minimum atomic E-state index is -4.95. The fourth-order valence-corrected chi connectivity index (χ4v) is 2.93. The lowest BCUT2D eigenvalue weighted by Crippen LogP contribution is -2.17. The number of nitrogens with one attached hydrogen (secondary N) is 1. The number of ether oxygens (including phenoxy) is 1. The lowest BCUT2D eigenvalue weighted by molar-refractivity contribution is -0.384. The molecule has 0 unspecified atom stereocenters. The summed E-state index contributed by atoms with van der Waals surface area (Å²) in [7, 11) is 0. The molecule has 12 heteroatoms. The second-order valence-corrected chi connectivity index (χ2v) is 6.59. The summed E-state index contributed by atoms with van der Waals surface area (Å²) in [5.74, 6) is -0.699. The first-order valence-electron chi connectivity index (χ1n) is 5.73. The second kappa shape index (κ2) is 6.89. The molecule has 0 amide bonds. The molecule has 0 spiro atoms. The normalized spacial score (nSPS) is 11.3. The molecule has 23 heavy (non-hydrogen) atoms. The second-order valence-electron chi connectivity index (χ2n) is 4.04. The molecule has 6 nitrogen and oxygen atoms in total. The molecule has 1 aromatic heterocycles. The fourth-order valence-electron chi connectivity index (χ4n) is 1.59. The van der Waals surface area contributed by atoms with Crippen LogP contribution in [0.1, 0.15) is 4.88 Å². The summed E-state index contributed by atoms with van der Waals surface area (Å²) in [5.41, 5.74) is -0.524. The van der Waals surface area contributed by atoms with E-state index in [2.05, 4.69) is 31.0 Å². The molecule has 2 rings (SSSR count). The van der Waals surface area contributed by atoms with E-state index in [4.69, 9.17) is 11.6 Å². The average Bonchev–Trinajstić information content (AvgIpc) is 2.83. The van der Waals surface area contributed by atoms with Crippen molar-refractivity contribution in [2.24, 2.45) is 0 Å². The number of nitro groups is 1. The molecule has 1 N–H and O–H groups in total. The highest BCUT2D eigenvalue weighted by atomic mass is 79.9. The van der Waals surface area contributed by atoms with E-state index in [9.17, 15) is 23.3 Å². The Kier molecular flexibility index (Phi) is 5.32. The molecule has 0 bridgehead atoms. The Morgan fingerprint density at radius 3 is 2.70 bits per heavy atom. The molecular formula is C11H6BrClF3N3O3S. The standard InChI is InChI=1S/C11H6BrClF3N3O3S/c12-6-1-7(17-3-5-4-18-10(13)23-5)8(19(20)21)2-9(6)22-11(14,15)16/h1-2,4,17H,3H2. The highest BCUT2D eigenvalue weighted by Crippen LogP contribution is 2.38. The molecular weight excluding hydrogens is 427 g/mol. The molecule has 2 aromatic rings. The van der Waals surface area contributed by atoms with Crippen LogP contribution in [0.25, 0.3) is 0 Å². The maximum Gasteiger partial charge on any atom is 0.573 e. The van der Waals surface area contributed by atoms with Gasteiger partial charge in [-0.25, -0.2) is 4.98 Å². The number of hydrogen-bond acceptors (Lipinski definition) is 6. The number of thiazole rings is 1. The fraction of sp³-hybridized carbons (Fsp3) is 0.182. The summed E-state index contributed by atoms with van der Waals surface area (Å²) in [4.78, 5) is 14.8. The molecule has 0 fully saturated rings. The Labute approximate surface area is 144 Å². The first kappa shape index (κ1) is 17.8. The molecule has 0 saturated carbocycles. The van der Waals surface area contributed by atoms with E-state index >= 15 is 0 Å². The molecule has 1 aromatic carbocycles. The van der Waals surface area contributed by atoms with E-state index in [1.807, 2.05) is 0 Å². The van der Waals surface area contributed by atoms with Crippen LogP contribution >= 0.6 is 38.9 Å². The molecule has 0 aliphatic rings. The number of aromatic nitrogens is 1. The number of nitro benzene ring substituents is 1. The SMILES string of the molecule is O=[N+]([O-])c1cc(OC(F)(F)F)c(Br)cc1NCc1cnc(Cl)s1. The Morgan fingerprint density at radius 1 is 1.48 bits per heavy atom. The van der Waals surface area contributed by atoms with Gasteiger partial charge in [-0.2, -0.15) is 0 Å². The van der Waals surface area contributed by atoms with E-state index in [0.29, 0.717) is 15.4 Å². The van der Waals surface area contributed by atoms with Gasteiger partial charge >= 0.3 is 6.36 Å². The van der Waals surface area contributed by atoms with Gasteiger partial charge in [0.1, 0.15) is 5.69 Å². The van der Waals surface area contributed by atoms with Crippen LogP contribution in [0.5, 0.6) is 5.75 Å². The van der Waals surface area contributed by atoms with Gasteiger partial charge in [0.15, 0.2) is 10.2 Å². The van der Waals surface area contributed by atoms with Gasteiger partial charge in [0.2, 0.25) is 0 Å². The van der Waals surface area contributed by atoms with Gasteiger partial charge in [0, 0.05) is 11.1 Å². The van der Waals surface area contributed by atoms with Crippen LogP contribution in [0.4, 0.5) is 24.5 Å². The zero-order valence-electron chi connectivity index (χ0n) is 10.9. The summed E-state index contributed by atoms with van der Waals surface area (Å²) in [6, 6.07) is 1.83. The summed E-state index contributed by atoms with van der Waals surface area (Å²) in [6.07, 6.45) is -3.47. The van der Waals surface area contributed by atoms with Crippen molar-refractivity contribution in [2.45, 2.75) is 12.9 Å². The van der Waals surface area contributed by atoms with Gasteiger partial charge in [-0.1, -0.05) is 11.6 Å². The number of anilines is 1. The third kappa shape index (κ3) is 4.94. The number of hydrogen-bond donors (Lipinski definition) is 1. The van der Waals surface area contributed by atoms with Crippen LogP contribution in [-0.2, 0) is 6.54 Å². The van der Waals surface area contributed by atoms with Crippen LogP contribution in [0.2, 0.25) is 4.47 Å². The van der Waals surface area contributed by atoms with Crippen molar-refractivity contribution < 1.29 is 22.8 Å². The number of rotatable bonds is 5. The minimum absolute atomic E-state index is 0.0286. The smallest absolute Gasteiger partial charge is 0.404 e. The van der Waals surface area contributed by atoms with E-state index in [0.717, 1.165) is 6.07 Å². The van der Waals surface area contributed by atoms with Crippen molar-refractivity contribution in [3.8, 4) is 5.75 Å². The van der Waals surface area contributed by atoms with E-state index in [1.54, 1.807) is 0 Å². The summed E-state index contributed by atoms with van der Waals surface area (Å²) < 4.78 is 40.8. The molecule has 124 valence electrons. The molecule has 0 radical (unpaired) electrons. The van der Waals surface area contributed by atoms with Crippen molar-refractivity contribution in [1.82, 2.24) is 4.98 Å². The number of halogens is 5. The van der Waals surface area contributed by atoms with Gasteiger partial charge in [0.05, 0.1) is 22.0 Å². The zero-order chi connectivity index (χ0) is 17.2. The molecule has 1 heterocycles.